The molecular formula is C22H26N4O5. The molecule has 2 N–H and O–H groups in total. The van der Waals surface area contributed by atoms with Crippen LogP contribution in [0.15, 0.2) is 42.5 Å². The Morgan fingerprint density at radius 1 is 1.10 bits per heavy atom. The Balaban J connectivity index is 1.60. The zero-order chi connectivity index (χ0) is 22.1. The van der Waals surface area contributed by atoms with Gasteiger partial charge in [-0.1, -0.05) is 30.3 Å². The van der Waals surface area contributed by atoms with Crippen LogP contribution < -0.4 is 10.6 Å². The third kappa shape index (κ3) is 6.51. The van der Waals surface area contributed by atoms with Gasteiger partial charge in [0.2, 0.25) is 0 Å². The second-order valence-electron chi connectivity index (χ2n) is 6.94. The number of rotatable bonds is 7. The lowest BCUT2D eigenvalue weighted by atomic mass is 10.1. The molecule has 0 atom stereocenters. The van der Waals surface area contributed by atoms with Gasteiger partial charge in [-0.2, -0.15) is 0 Å². The Morgan fingerprint density at radius 2 is 1.84 bits per heavy atom. The first kappa shape index (κ1) is 22.2. The molecule has 1 aromatic carbocycles. The topological polar surface area (TPSA) is 110 Å². The number of morpholine rings is 1. The van der Waals surface area contributed by atoms with E-state index in [0.717, 1.165) is 5.56 Å². The lowest BCUT2D eigenvalue weighted by Gasteiger charge is -2.25. The van der Waals surface area contributed by atoms with Crippen molar-refractivity contribution in [3.05, 3.63) is 65.0 Å². The van der Waals surface area contributed by atoms with E-state index in [1.54, 1.807) is 11.0 Å². The molecule has 2 heterocycles. The van der Waals surface area contributed by atoms with Gasteiger partial charge in [0, 0.05) is 37.8 Å². The smallest absolute Gasteiger partial charge is 0.409 e. The molecule has 0 aliphatic carbocycles. The Hall–Kier alpha value is -3.46. The summed E-state index contributed by atoms with van der Waals surface area (Å²) in [5.74, 6) is -0.743. The summed E-state index contributed by atoms with van der Waals surface area (Å²) in [7, 11) is 1.51. The van der Waals surface area contributed by atoms with Crippen molar-refractivity contribution in [2.45, 2.75) is 6.42 Å². The number of aromatic nitrogens is 1. The summed E-state index contributed by atoms with van der Waals surface area (Å²) in [6.07, 6.45) is 0.0665. The summed E-state index contributed by atoms with van der Waals surface area (Å²) in [6.45, 7) is 2.18. The molecule has 1 aromatic heterocycles. The number of nitrogens with one attached hydrogen (secondary N) is 2. The Kier molecular flexibility index (Phi) is 7.94. The fourth-order valence-corrected chi connectivity index (χ4v) is 3.10. The second-order valence-corrected chi connectivity index (χ2v) is 6.94. The number of amides is 3. The second kappa shape index (κ2) is 11.1. The normalized spacial score (nSPS) is 13.4. The van der Waals surface area contributed by atoms with Crippen LogP contribution in [0.25, 0.3) is 0 Å². The largest absolute Gasteiger partial charge is 0.448 e. The van der Waals surface area contributed by atoms with Crippen LogP contribution in [-0.2, 0) is 15.9 Å². The summed E-state index contributed by atoms with van der Waals surface area (Å²) in [4.78, 5) is 42.6. The van der Waals surface area contributed by atoms with Crippen LogP contribution >= 0.6 is 0 Å². The van der Waals surface area contributed by atoms with Crippen LogP contribution in [0.4, 0.5) is 4.79 Å². The molecule has 0 saturated carbocycles. The first-order valence-electron chi connectivity index (χ1n) is 10.1. The fourth-order valence-electron chi connectivity index (χ4n) is 3.10. The van der Waals surface area contributed by atoms with E-state index >= 15 is 0 Å². The molecule has 0 radical (unpaired) electrons. The van der Waals surface area contributed by atoms with Crippen molar-refractivity contribution in [1.82, 2.24) is 20.5 Å². The maximum Gasteiger partial charge on any atom is 0.409 e. The first-order chi connectivity index (χ1) is 15.1. The molecule has 9 nitrogen and oxygen atoms in total. The molecule has 1 aliphatic rings. The van der Waals surface area contributed by atoms with Crippen LogP contribution in [0.5, 0.6) is 0 Å². The Labute approximate surface area is 180 Å². The van der Waals surface area contributed by atoms with Gasteiger partial charge in [0.25, 0.3) is 11.8 Å². The highest BCUT2D eigenvalue weighted by molar-refractivity contribution is 5.98. The van der Waals surface area contributed by atoms with E-state index in [1.807, 2.05) is 30.3 Å². The Morgan fingerprint density at radius 3 is 2.55 bits per heavy atom. The minimum Gasteiger partial charge on any atom is -0.448 e. The van der Waals surface area contributed by atoms with Crippen LogP contribution in [-0.4, -0.2) is 74.3 Å². The molecule has 9 heteroatoms. The van der Waals surface area contributed by atoms with Gasteiger partial charge in [0.1, 0.15) is 12.3 Å². The summed E-state index contributed by atoms with van der Waals surface area (Å²) in [5, 5.41) is 5.24. The molecule has 3 rings (SSSR count). The molecule has 31 heavy (non-hydrogen) atoms. The van der Waals surface area contributed by atoms with E-state index in [0.29, 0.717) is 44.0 Å². The number of carbonyl (C=O) groups excluding carboxylic acids is 3. The number of hydrogen-bond donors (Lipinski definition) is 2. The maximum atomic E-state index is 12.6. The lowest BCUT2D eigenvalue weighted by molar-refractivity contribution is 0.0274. The van der Waals surface area contributed by atoms with Gasteiger partial charge < -0.3 is 25.0 Å². The van der Waals surface area contributed by atoms with Gasteiger partial charge in [-0.15, -0.1) is 0 Å². The fraction of sp³-hybridized carbons (Fsp3) is 0.364. The van der Waals surface area contributed by atoms with Crippen molar-refractivity contribution in [3.8, 4) is 0 Å². The molecule has 1 fully saturated rings. The van der Waals surface area contributed by atoms with E-state index in [4.69, 9.17) is 9.47 Å². The van der Waals surface area contributed by atoms with Crippen molar-refractivity contribution in [2.24, 2.45) is 0 Å². The Bertz CT molecular complexity index is 913. The number of pyridine rings is 1. The van der Waals surface area contributed by atoms with Crippen LogP contribution in [0.2, 0.25) is 0 Å². The molecule has 2 aromatic rings. The highest BCUT2D eigenvalue weighted by Crippen LogP contribution is 2.12. The number of hydrogen-bond acceptors (Lipinski definition) is 6. The van der Waals surface area contributed by atoms with Crippen molar-refractivity contribution >= 4 is 17.9 Å². The minimum atomic E-state index is -0.423. The van der Waals surface area contributed by atoms with Gasteiger partial charge >= 0.3 is 6.09 Å². The first-order valence-corrected chi connectivity index (χ1v) is 10.1. The van der Waals surface area contributed by atoms with E-state index in [2.05, 4.69) is 15.6 Å². The molecule has 1 saturated heterocycles. The van der Waals surface area contributed by atoms with E-state index < -0.39 is 6.09 Å². The van der Waals surface area contributed by atoms with Gasteiger partial charge in [0.05, 0.1) is 19.8 Å². The average Bonchev–Trinajstić information content (AvgIpc) is 2.82. The van der Waals surface area contributed by atoms with Crippen molar-refractivity contribution < 1.29 is 23.9 Å². The molecule has 1 aliphatic heterocycles. The van der Waals surface area contributed by atoms with E-state index in [1.165, 1.54) is 13.1 Å². The molecule has 164 valence electrons. The van der Waals surface area contributed by atoms with Crippen LogP contribution in [0, 0.1) is 0 Å². The van der Waals surface area contributed by atoms with E-state index in [9.17, 15) is 14.4 Å². The molecule has 0 bridgehead atoms. The van der Waals surface area contributed by atoms with Crippen molar-refractivity contribution in [1.29, 1.82) is 0 Å². The summed E-state index contributed by atoms with van der Waals surface area (Å²) in [5.41, 5.74) is 2.11. The number of ether oxygens (including phenoxy) is 2. The minimum absolute atomic E-state index is 0.0478. The van der Waals surface area contributed by atoms with Crippen LogP contribution in [0.3, 0.4) is 0 Å². The molecule has 0 unspecified atom stereocenters. The zero-order valence-corrected chi connectivity index (χ0v) is 17.4. The standard InChI is InChI=1S/C22H26N4O5/c1-23-21(28)19-15-17(14-18(25-19)13-16-5-3-2-4-6-16)20(27)24-7-10-31-22(29)26-8-11-30-12-9-26/h2-6,14-15H,7-13H2,1H3,(H,23,28)(H,24,27). The van der Waals surface area contributed by atoms with Crippen LogP contribution in [0.1, 0.15) is 32.1 Å². The quantitative estimate of drug-likeness (QED) is 0.645. The monoisotopic (exact) mass is 426 g/mol. The highest BCUT2D eigenvalue weighted by atomic mass is 16.6. The van der Waals surface area contributed by atoms with E-state index in [-0.39, 0.29) is 30.7 Å². The average molecular weight is 426 g/mol. The molecule has 0 spiro atoms. The van der Waals surface area contributed by atoms with Crippen molar-refractivity contribution in [3.63, 3.8) is 0 Å². The third-order valence-corrected chi connectivity index (χ3v) is 4.71. The number of benzene rings is 1. The summed E-state index contributed by atoms with van der Waals surface area (Å²) in [6, 6.07) is 12.8. The molecular weight excluding hydrogens is 400 g/mol. The van der Waals surface area contributed by atoms with Gasteiger partial charge in [-0.3, -0.25) is 9.59 Å². The summed E-state index contributed by atoms with van der Waals surface area (Å²) < 4.78 is 10.4. The highest BCUT2D eigenvalue weighted by Gasteiger charge is 2.18. The van der Waals surface area contributed by atoms with Gasteiger partial charge in [-0.25, -0.2) is 9.78 Å². The number of nitrogens with zero attached hydrogens (tertiary/aromatic N) is 2. The molecule has 3 amide bonds. The van der Waals surface area contributed by atoms with Gasteiger partial charge in [0.15, 0.2) is 0 Å². The number of carbonyl (C=O) groups is 3. The summed E-state index contributed by atoms with van der Waals surface area (Å²) >= 11 is 0. The lowest BCUT2D eigenvalue weighted by Crippen LogP contribution is -2.41. The SMILES string of the molecule is CNC(=O)c1cc(C(=O)NCCOC(=O)N2CCOCC2)cc(Cc2ccccc2)n1. The van der Waals surface area contributed by atoms with Crippen molar-refractivity contribution in [2.75, 3.05) is 46.5 Å². The van der Waals surface area contributed by atoms with Gasteiger partial charge in [-0.05, 0) is 17.7 Å². The third-order valence-electron chi connectivity index (χ3n) is 4.71. The maximum absolute atomic E-state index is 12.6. The predicted molar refractivity (Wildman–Crippen MR) is 113 cm³/mol. The zero-order valence-electron chi connectivity index (χ0n) is 17.4. The predicted octanol–water partition coefficient (Wildman–Crippen LogP) is 1.23.